The zero-order valence-electron chi connectivity index (χ0n) is 10.0. The predicted octanol–water partition coefficient (Wildman–Crippen LogP) is 1.11. The van der Waals surface area contributed by atoms with Crippen LogP contribution in [0.25, 0.3) is 0 Å². The van der Waals surface area contributed by atoms with E-state index >= 15 is 0 Å². The lowest BCUT2D eigenvalue weighted by Gasteiger charge is -2.06. The Morgan fingerprint density at radius 1 is 1.44 bits per heavy atom. The number of nitrogens with one attached hydrogen (secondary N) is 2. The quantitative estimate of drug-likeness (QED) is 0.826. The second-order valence-corrected chi connectivity index (χ2v) is 3.87. The number of nitrogens with zero attached hydrogens (tertiary/aromatic N) is 2. The van der Waals surface area contributed by atoms with Gasteiger partial charge in [0.1, 0.15) is 0 Å². The smallest absolute Gasteiger partial charge is 0.238 e. The van der Waals surface area contributed by atoms with Crippen LogP contribution in [0.3, 0.4) is 0 Å². The van der Waals surface area contributed by atoms with Crippen molar-refractivity contribution in [2.75, 3.05) is 11.9 Å². The van der Waals surface area contributed by atoms with Crippen molar-refractivity contribution < 1.29 is 9.32 Å². The fourth-order valence-corrected chi connectivity index (χ4v) is 1.49. The number of anilines is 1. The van der Waals surface area contributed by atoms with Crippen LogP contribution in [-0.2, 0) is 11.3 Å². The molecule has 0 saturated carbocycles. The number of amides is 1. The molecular formula is C12H14N4O2. The Kier molecular flexibility index (Phi) is 4.03. The molecule has 1 aromatic heterocycles. The van der Waals surface area contributed by atoms with E-state index in [1.165, 1.54) is 6.39 Å². The Bertz CT molecular complexity index is 511. The summed E-state index contributed by atoms with van der Waals surface area (Å²) in [7, 11) is 0. The van der Waals surface area contributed by atoms with Crippen molar-refractivity contribution in [2.45, 2.75) is 13.5 Å². The predicted molar refractivity (Wildman–Crippen MR) is 65.8 cm³/mol. The van der Waals surface area contributed by atoms with Gasteiger partial charge in [-0.3, -0.25) is 4.79 Å². The minimum Gasteiger partial charge on any atom is -0.343 e. The van der Waals surface area contributed by atoms with E-state index in [2.05, 4.69) is 25.3 Å². The van der Waals surface area contributed by atoms with Gasteiger partial charge < -0.3 is 15.2 Å². The molecule has 0 aliphatic rings. The van der Waals surface area contributed by atoms with Crippen LogP contribution in [0.2, 0.25) is 0 Å². The molecule has 0 fully saturated rings. The Morgan fingerprint density at radius 3 is 3.06 bits per heavy atom. The molecule has 0 bridgehead atoms. The second-order valence-electron chi connectivity index (χ2n) is 3.87. The Hall–Kier alpha value is -2.21. The van der Waals surface area contributed by atoms with Gasteiger partial charge in [0.05, 0.1) is 13.1 Å². The molecule has 1 heterocycles. The molecule has 2 rings (SSSR count). The molecule has 0 atom stereocenters. The maximum atomic E-state index is 11.6. The molecule has 0 saturated heterocycles. The summed E-state index contributed by atoms with van der Waals surface area (Å²) in [5.74, 6) is 0.419. The molecule has 2 aromatic rings. The largest absolute Gasteiger partial charge is 0.343 e. The van der Waals surface area contributed by atoms with Crippen LogP contribution in [0, 0.1) is 6.92 Å². The first kappa shape index (κ1) is 12.3. The molecule has 6 heteroatoms. The molecule has 0 aliphatic carbocycles. The van der Waals surface area contributed by atoms with Gasteiger partial charge in [0.15, 0.2) is 5.82 Å². The van der Waals surface area contributed by atoms with Crippen LogP contribution in [0.4, 0.5) is 5.69 Å². The summed E-state index contributed by atoms with van der Waals surface area (Å²) in [6, 6.07) is 7.64. The first-order chi connectivity index (χ1) is 8.74. The number of rotatable bonds is 5. The minimum atomic E-state index is -0.107. The van der Waals surface area contributed by atoms with Crippen LogP contribution >= 0.6 is 0 Å². The first-order valence-corrected chi connectivity index (χ1v) is 5.56. The van der Waals surface area contributed by atoms with E-state index in [1.54, 1.807) is 0 Å². The fraction of sp³-hybridized carbons (Fsp3) is 0.250. The third kappa shape index (κ3) is 3.67. The molecule has 6 nitrogen and oxygen atoms in total. The molecule has 0 radical (unpaired) electrons. The molecule has 94 valence electrons. The highest BCUT2D eigenvalue weighted by Crippen LogP contribution is 2.08. The van der Waals surface area contributed by atoms with Gasteiger partial charge in [-0.05, 0) is 24.6 Å². The zero-order chi connectivity index (χ0) is 12.8. The SMILES string of the molecule is Cc1cccc(NC(=O)CNCc2ncon2)c1. The van der Waals surface area contributed by atoms with Gasteiger partial charge in [0.2, 0.25) is 12.3 Å². The van der Waals surface area contributed by atoms with Crippen molar-refractivity contribution in [1.29, 1.82) is 0 Å². The summed E-state index contributed by atoms with van der Waals surface area (Å²) >= 11 is 0. The van der Waals surface area contributed by atoms with Crippen molar-refractivity contribution in [3.63, 3.8) is 0 Å². The summed E-state index contributed by atoms with van der Waals surface area (Å²) in [6.45, 7) is 2.57. The number of hydrogen-bond acceptors (Lipinski definition) is 5. The lowest BCUT2D eigenvalue weighted by atomic mass is 10.2. The number of carbonyl (C=O) groups is 1. The van der Waals surface area contributed by atoms with E-state index in [0.717, 1.165) is 11.3 Å². The number of benzene rings is 1. The summed E-state index contributed by atoms with van der Waals surface area (Å²) in [5, 5.41) is 9.35. The van der Waals surface area contributed by atoms with E-state index in [9.17, 15) is 4.79 Å². The van der Waals surface area contributed by atoms with Crippen molar-refractivity contribution in [3.8, 4) is 0 Å². The highest BCUT2D eigenvalue weighted by atomic mass is 16.5. The monoisotopic (exact) mass is 246 g/mol. The van der Waals surface area contributed by atoms with E-state index in [4.69, 9.17) is 0 Å². The Labute approximate surface area is 104 Å². The first-order valence-electron chi connectivity index (χ1n) is 5.56. The van der Waals surface area contributed by atoms with Crippen molar-refractivity contribution >= 4 is 11.6 Å². The molecule has 0 unspecified atom stereocenters. The molecule has 1 aromatic carbocycles. The van der Waals surface area contributed by atoms with Gasteiger partial charge in [-0.2, -0.15) is 4.98 Å². The van der Waals surface area contributed by atoms with Crippen molar-refractivity contribution in [1.82, 2.24) is 15.5 Å². The fourth-order valence-electron chi connectivity index (χ4n) is 1.49. The lowest BCUT2D eigenvalue weighted by Crippen LogP contribution is -2.28. The highest BCUT2D eigenvalue weighted by molar-refractivity contribution is 5.92. The number of hydrogen-bond donors (Lipinski definition) is 2. The summed E-state index contributed by atoms with van der Waals surface area (Å²) in [6.07, 6.45) is 1.25. The van der Waals surface area contributed by atoms with Crippen LogP contribution in [0.1, 0.15) is 11.4 Å². The van der Waals surface area contributed by atoms with E-state index < -0.39 is 0 Å². The van der Waals surface area contributed by atoms with Gasteiger partial charge in [0, 0.05) is 5.69 Å². The van der Waals surface area contributed by atoms with Crippen LogP contribution in [0.15, 0.2) is 35.2 Å². The number of carbonyl (C=O) groups excluding carboxylic acids is 1. The lowest BCUT2D eigenvalue weighted by molar-refractivity contribution is -0.115. The van der Waals surface area contributed by atoms with Gasteiger partial charge in [0.25, 0.3) is 0 Å². The average Bonchev–Trinajstić information content (AvgIpc) is 2.82. The van der Waals surface area contributed by atoms with Crippen LogP contribution < -0.4 is 10.6 Å². The van der Waals surface area contributed by atoms with E-state index in [0.29, 0.717) is 12.4 Å². The molecule has 18 heavy (non-hydrogen) atoms. The maximum Gasteiger partial charge on any atom is 0.238 e. The Balaban J connectivity index is 1.75. The standard InChI is InChI=1S/C12H14N4O2/c1-9-3-2-4-10(5-9)15-12(17)7-13-6-11-14-8-18-16-11/h2-5,8,13H,6-7H2,1H3,(H,15,17). The van der Waals surface area contributed by atoms with Gasteiger partial charge in [-0.1, -0.05) is 17.3 Å². The van der Waals surface area contributed by atoms with E-state index in [-0.39, 0.29) is 12.5 Å². The van der Waals surface area contributed by atoms with Gasteiger partial charge in [-0.25, -0.2) is 0 Å². The molecular weight excluding hydrogens is 232 g/mol. The van der Waals surface area contributed by atoms with Gasteiger partial charge >= 0.3 is 0 Å². The third-order valence-corrected chi connectivity index (χ3v) is 2.28. The normalized spacial score (nSPS) is 10.3. The second kappa shape index (κ2) is 5.92. The van der Waals surface area contributed by atoms with Crippen LogP contribution in [0.5, 0.6) is 0 Å². The molecule has 0 spiro atoms. The molecule has 2 N–H and O–H groups in total. The zero-order valence-corrected chi connectivity index (χ0v) is 10.0. The topological polar surface area (TPSA) is 80.0 Å². The van der Waals surface area contributed by atoms with Crippen molar-refractivity contribution in [3.05, 3.63) is 42.0 Å². The van der Waals surface area contributed by atoms with E-state index in [1.807, 2.05) is 31.2 Å². The summed E-state index contributed by atoms with van der Waals surface area (Å²) < 4.78 is 4.58. The van der Waals surface area contributed by atoms with Crippen molar-refractivity contribution in [2.24, 2.45) is 0 Å². The van der Waals surface area contributed by atoms with Gasteiger partial charge in [-0.15, -0.1) is 0 Å². The minimum absolute atomic E-state index is 0.107. The molecule has 1 amide bonds. The highest BCUT2D eigenvalue weighted by Gasteiger charge is 2.03. The number of aromatic nitrogens is 2. The summed E-state index contributed by atoms with van der Waals surface area (Å²) in [4.78, 5) is 15.5. The molecule has 0 aliphatic heterocycles. The maximum absolute atomic E-state index is 11.6. The average molecular weight is 246 g/mol. The van der Waals surface area contributed by atoms with Crippen LogP contribution in [-0.4, -0.2) is 22.6 Å². The Morgan fingerprint density at radius 2 is 2.33 bits per heavy atom. The number of aryl methyl sites for hydroxylation is 1. The summed E-state index contributed by atoms with van der Waals surface area (Å²) in [5.41, 5.74) is 1.90. The third-order valence-electron chi connectivity index (χ3n) is 2.28.